The van der Waals surface area contributed by atoms with Crippen molar-refractivity contribution in [2.75, 3.05) is 6.54 Å². The van der Waals surface area contributed by atoms with Gasteiger partial charge >= 0.3 is 0 Å². The molecule has 1 fully saturated rings. The lowest BCUT2D eigenvalue weighted by molar-refractivity contribution is 0.0704. The summed E-state index contributed by atoms with van der Waals surface area (Å²) in [5.74, 6) is 0.416. The Morgan fingerprint density at radius 3 is 2.80 bits per heavy atom. The zero-order valence-electron chi connectivity index (χ0n) is 11.1. The topological polar surface area (TPSA) is 33.5 Å². The van der Waals surface area contributed by atoms with E-state index in [2.05, 4.69) is 0 Å². The third-order valence-electron chi connectivity index (χ3n) is 3.75. The largest absolute Gasteiger partial charge is 0.459 e. The Morgan fingerprint density at radius 1 is 1.30 bits per heavy atom. The molecule has 1 aromatic carbocycles. The van der Waals surface area contributed by atoms with Crippen LogP contribution in [0.2, 0.25) is 5.02 Å². The molecule has 4 heteroatoms. The standard InChI is InChI=1S/C16H16ClNO2/c17-13-7-5-12(6-8-13)11-14-3-1-9-18(14)16(19)15-4-2-10-20-15/h2,4-8,10,14H,1,3,9,11H2. The van der Waals surface area contributed by atoms with Crippen molar-refractivity contribution in [1.82, 2.24) is 4.90 Å². The van der Waals surface area contributed by atoms with E-state index in [1.54, 1.807) is 12.1 Å². The van der Waals surface area contributed by atoms with Crippen LogP contribution >= 0.6 is 11.6 Å². The van der Waals surface area contributed by atoms with E-state index in [-0.39, 0.29) is 11.9 Å². The number of rotatable bonds is 3. The van der Waals surface area contributed by atoms with Crippen LogP contribution in [-0.4, -0.2) is 23.4 Å². The first kappa shape index (κ1) is 13.3. The molecule has 1 atom stereocenters. The van der Waals surface area contributed by atoms with Crippen LogP contribution in [0.4, 0.5) is 0 Å². The van der Waals surface area contributed by atoms with Gasteiger partial charge in [-0.05, 0) is 49.1 Å². The van der Waals surface area contributed by atoms with Gasteiger partial charge in [0.2, 0.25) is 0 Å². The summed E-state index contributed by atoms with van der Waals surface area (Å²) >= 11 is 5.90. The highest BCUT2D eigenvalue weighted by molar-refractivity contribution is 6.30. The van der Waals surface area contributed by atoms with Crippen molar-refractivity contribution in [3.05, 3.63) is 59.0 Å². The van der Waals surface area contributed by atoms with Gasteiger partial charge in [-0.25, -0.2) is 0 Å². The lowest BCUT2D eigenvalue weighted by atomic mass is 10.0. The Hall–Kier alpha value is -1.74. The van der Waals surface area contributed by atoms with Crippen LogP contribution in [0, 0.1) is 0 Å². The fourth-order valence-electron chi connectivity index (χ4n) is 2.75. The fourth-order valence-corrected chi connectivity index (χ4v) is 2.88. The number of likely N-dealkylation sites (tertiary alicyclic amines) is 1. The Labute approximate surface area is 123 Å². The third kappa shape index (κ3) is 2.73. The number of amides is 1. The van der Waals surface area contributed by atoms with E-state index in [0.29, 0.717) is 5.76 Å². The maximum atomic E-state index is 12.4. The van der Waals surface area contributed by atoms with Crippen molar-refractivity contribution in [2.24, 2.45) is 0 Å². The highest BCUT2D eigenvalue weighted by Crippen LogP contribution is 2.24. The van der Waals surface area contributed by atoms with Gasteiger partial charge in [0, 0.05) is 17.6 Å². The Morgan fingerprint density at radius 2 is 2.10 bits per heavy atom. The van der Waals surface area contributed by atoms with Crippen molar-refractivity contribution < 1.29 is 9.21 Å². The zero-order valence-corrected chi connectivity index (χ0v) is 11.8. The van der Waals surface area contributed by atoms with Crippen LogP contribution in [0.25, 0.3) is 0 Å². The lowest BCUT2D eigenvalue weighted by Gasteiger charge is -2.24. The van der Waals surface area contributed by atoms with E-state index < -0.39 is 0 Å². The quantitative estimate of drug-likeness (QED) is 0.861. The van der Waals surface area contributed by atoms with Gasteiger partial charge in [-0.3, -0.25) is 4.79 Å². The lowest BCUT2D eigenvalue weighted by Crippen LogP contribution is -2.36. The first-order chi connectivity index (χ1) is 9.74. The number of furan rings is 1. The van der Waals surface area contributed by atoms with Crippen LogP contribution in [-0.2, 0) is 6.42 Å². The van der Waals surface area contributed by atoms with E-state index in [1.165, 1.54) is 11.8 Å². The maximum Gasteiger partial charge on any atom is 0.289 e. The summed E-state index contributed by atoms with van der Waals surface area (Å²) in [7, 11) is 0. The van der Waals surface area contributed by atoms with Gasteiger partial charge in [0.1, 0.15) is 0 Å². The summed E-state index contributed by atoms with van der Waals surface area (Å²) in [5, 5.41) is 0.740. The number of hydrogen-bond acceptors (Lipinski definition) is 2. The number of carbonyl (C=O) groups is 1. The molecule has 1 aromatic heterocycles. The van der Waals surface area contributed by atoms with Gasteiger partial charge in [0.05, 0.1) is 6.26 Å². The van der Waals surface area contributed by atoms with Crippen molar-refractivity contribution in [3.8, 4) is 0 Å². The second-order valence-electron chi connectivity index (χ2n) is 5.10. The van der Waals surface area contributed by atoms with Crippen LogP contribution < -0.4 is 0 Å². The average molecular weight is 290 g/mol. The number of nitrogens with zero attached hydrogens (tertiary/aromatic N) is 1. The number of carbonyl (C=O) groups excluding carboxylic acids is 1. The van der Waals surface area contributed by atoms with Crippen molar-refractivity contribution in [2.45, 2.75) is 25.3 Å². The molecule has 104 valence electrons. The number of benzene rings is 1. The molecule has 0 N–H and O–H groups in total. The summed E-state index contributed by atoms with van der Waals surface area (Å²) in [6.45, 7) is 0.803. The molecule has 3 rings (SSSR count). The molecule has 1 aliphatic heterocycles. The molecule has 0 bridgehead atoms. The van der Waals surface area contributed by atoms with Gasteiger partial charge in [-0.1, -0.05) is 23.7 Å². The molecule has 1 amide bonds. The SMILES string of the molecule is O=C(c1ccco1)N1CCCC1Cc1ccc(Cl)cc1. The second kappa shape index (κ2) is 5.71. The second-order valence-corrected chi connectivity index (χ2v) is 5.54. The van der Waals surface area contributed by atoms with Crippen molar-refractivity contribution >= 4 is 17.5 Å². The number of halogens is 1. The number of hydrogen-bond donors (Lipinski definition) is 0. The highest BCUT2D eigenvalue weighted by Gasteiger charge is 2.30. The molecule has 3 nitrogen and oxygen atoms in total. The van der Waals surface area contributed by atoms with Crippen molar-refractivity contribution in [3.63, 3.8) is 0 Å². The third-order valence-corrected chi connectivity index (χ3v) is 4.01. The van der Waals surface area contributed by atoms with Gasteiger partial charge in [0.15, 0.2) is 5.76 Å². The van der Waals surface area contributed by atoms with Gasteiger partial charge < -0.3 is 9.32 Å². The molecule has 1 aliphatic rings. The van der Waals surface area contributed by atoms with E-state index in [4.69, 9.17) is 16.0 Å². The molecule has 0 aliphatic carbocycles. The molecular formula is C16H16ClNO2. The molecule has 1 saturated heterocycles. The molecule has 0 saturated carbocycles. The summed E-state index contributed by atoms with van der Waals surface area (Å²) < 4.78 is 5.21. The van der Waals surface area contributed by atoms with E-state index in [1.807, 2.05) is 29.2 Å². The first-order valence-electron chi connectivity index (χ1n) is 6.83. The minimum Gasteiger partial charge on any atom is -0.459 e. The van der Waals surface area contributed by atoms with Crippen LogP contribution in [0.5, 0.6) is 0 Å². The Bertz CT molecular complexity index is 577. The molecule has 2 heterocycles. The summed E-state index contributed by atoms with van der Waals surface area (Å²) in [6.07, 6.45) is 4.49. The van der Waals surface area contributed by atoms with E-state index >= 15 is 0 Å². The highest BCUT2D eigenvalue weighted by atomic mass is 35.5. The molecule has 20 heavy (non-hydrogen) atoms. The molecule has 0 spiro atoms. The minimum absolute atomic E-state index is 0.00790. The van der Waals surface area contributed by atoms with Gasteiger partial charge in [0.25, 0.3) is 5.91 Å². The first-order valence-corrected chi connectivity index (χ1v) is 7.21. The minimum atomic E-state index is -0.00790. The Balaban J connectivity index is 1.72. The normalized spacial score (nSPS) is 18.4. The molecular weight excluding hydrogens is 274 g/mol. The van der Waals surface area contributed by atoms with Crippen LogP contribution in [0.1, 0.15) is 29.0 Å². The fraction of sp³-hybridized carbons (Fsp3) is 0.312. The monoisotopic (exact) mass is 289 g/mol. The predicted molar refractivity (Wildman–Crippen MR) is 77.9 cm³/mol. The zero-order chi connectivity index (χ0) is 13.9. The van der Waals surface area contributed by atoms with Crippen LogP contribution in [0.15, 0.2) is 47.1 Å². The predicted octanol–water partition coefficient (Wildman–Crippen LogP) is 3.78. The van der Waals surface area contributed by atoms with Gasteiger partial charge in [-0.2, -0.15) is 0 Å². The summed E-state index contributed by atoms with van der Waals surface area (Å²) in [5.41, 5.74) is 1.21. The molecule has 0 radical (unpaired) electrons. The van der Waals surface area contributed by atoms with E-state index in [0.717, 1.165) is 30.8 Å². The van der Waals surface area contributed by atoms with Gasteiger partial charge in [-0.15, -0.1) is 0 Å². The molecule has 1 unspecified atom stereocenters. The maximum absolute atomic E-state index is 12.4. The smallest absolute Gasteiger partial charge is 0.289 e. The summed E-state index contributed by atoms with van der Waals surface area (Å²) in [6, 6.07) is 11.5. The molecule has 2 aromatic rings. The van der Waals surface area contributed by atoms with E-state index in [9.17, 15) is 4.79 Å². The summed E-state index contributed by atoms with van der Waals surface area (Å²) in [4.78, 5) is 14.3. The average Bonchev–Trinajstić information content (AvgIpc) is 3.12. The Kier molecular flexibility index (Phi) is 3.79. The van der Waals surface area contributed by atoms with Crippen LogP contribution in [0.3, 0.4) is 0 Å². The van der Waals surface area contributed by atoms with Crippen molar-refractivity contribution in [1.29, 1.82) is 0 Å².